The summed E-state index contributed by atoms with van der Waals surface area (Å²) in [4.78, 5) is 10.9. The number of rotatable bonds is 4. The molecule has 1 N–H and O–H groups in total. The lowest BCUT2D eigenvalue weighted by molar-refractivity contribution is -0.152. The van der Waals surface area contributed by atoms with E-state index in [0.29, 0.717) is 5.69 Å². The molecule has 0 spiro atoms. The van der Waals surface area contributed by atoms with E-state index in [9.17, 15) is 4.79 Å². The van der Waals surface area contributed by atoms with Crippen LogP contribution < -0.4 is 0 Å². The summed E-state index contributed by atoms with van der Waals surface area (Å²) in [6, 6.07) is 0. The molecule has 0 saturated heterocycles. The van der Waals surface area contributed by atoms with E-state index in [1.807, 2.05) is 0 Å². The van der Waals surface area contributed by atoms with Crippen LogP contribution in [0.1, 0.15) is 19.5 Å². The highest BCUT2D eigenvalue weighted by molar-refractivity contribution is 7.03. The molecule has 78 valence electrons. The maximum Gasteiger partial charge on any atom is 0.333 e. The van der Waals surface area contributed by atoms with E-state index in [1.54, 1.807) is 19.2 Å². The fraction of sp³-hybridized carbons (Fsp3) is 0.625. The number of hydrogen-bond donors (Lipinski definition) is 1. The van der Waals surface area contributed by atoms with Gasteiger partial charge in [-0.1, -0.05) is 18.3 Å². The highest BCUT2D eigenvalue weighted by atomic mass is 32.1. The molecule has 0 aromatic carbocycles. The van der Waals surface area contributed by atoms with Crippen LogP contribution in [0.3, 0.4) is 0 Å². The zero-order valence-electron chi connectivity index (χ0n) is 8.22. The molecule has 6 heteroatoms. The van der Waals surface area contributed by atoms with Crippen LogP contribution in [0.5, 0.6) is 0 Å². The van der Waals surface area contributed by atoms with Gasteiger partial charge < -0.3 is 9.84 Å². The molecule has 14 heavy (non-hydrogen) atoms. The van der Waals surface area contributed by atoms with Crippen molar-refractivity contribution in [1.82, 2.24) is 9.59 Å². The summed E-state index contributed by atoms with van der Waals surface area (Å²) >= 11 is 1.20. The Hall–Kier alpha value is -1.01. The van der Waals surface area contributed by atoms with Crippen molar-refractivity contribution in [3.8, 4) is 0 Å². The maximum absolute atomic E-state index is 10.9. The van der Waals surface area contributed by atoms with Crippen LogP contribution in [0.15, 0.2) is 5.38 Å². The summed E-state index contributed by atoms with van der Waals surface area (Å²) in [5.74, 6) is -0.995. The number of methoxy groups -OCH3 is 1. The molecule has 0 radical (unpaired) electrons. The Balaban J connectivity index is 2.99. The average molecular weight is 216 g/mol. The monoisotopic (exact) mass is 216 g/mol. The SMILES string of the molecule is COC(C(=O)O)C(C)(C)c1csnn1. The number of nitrogens with zero attached hydrogens (tertiary/aromatic N) is 2. The molecule has 0 aliphatic rings. The molecule has 0 aliphatic carbocycles. The lowest BCUT2D eigenvalue weighted by Gasteiger charge is -2.27. The summed E-state index contributed by atoms with van der Waals surface area (Å²) in [5.41, 5.74) is -0.0372. The van der Waals surface area contributed by atoms with Gasteiger partial charge in [0.05, 0.1) is 5.69 Å². The third kappa shape index (κ3) is 1.91. The molecule has 1 aromatic heterocycles. The van der Waals surface area contributed by atoms with Crippen LogP contribution in [0.25, 0.3) is 0 Å². The third-order valence-electron chi connectivity index (χ3n) is 2.14. The minimum atomic E-state index is -0.995. The first-order valence-corrected chi connectivity index (χ1v) is 4.87. The van der Waals surface area contributed by atoms with Crippen LogP contribution in [-0.2, 0) is 14.9 Å². The van der Waals surface area contributed by atoms with Crippen molar-refractivity contribution in [2.45, 2.75) is 25.4 Å². The molecule has 5 nitrogen and oxygen atoms in total. The van der Waals surface area contributed by atoms with Crippen LogP contribution in [0.2, 0.25) is 0 Å². The molecular weight excluding hydrogens is 204 g/mol. The van der Waals surface area contributed by atoms with E-state index in [4.69, 9.17) is 9.84 Å². The normalized spacial score (nSPS) is 13.9. The lowest BCUT2D eigenvalue weighted by atomic mass is 9.83. The largest absolute Gasteiger partial charge is 0.479 e. The smallest absolute Gasteiger partial charge is 0.333 e. The standard InChI is InChI=1S/C8H12N2O3S/c1-8(2,5-4-14-10-9-5)6(13-3)7(11)12/h4,6H,1-3H3,(H,11,12). The van der Waals surface area contributed by atoms with E-state index in [-0.39, 0.29) is 0 Å². The Kier molecular flexibility index (Phi) is 3.17. The maximum atomic E-state index is 10.9. The number of carbonyl (C=O) groups is 1. The van der Waals surface area contributed by atoms with E-state index in [2.05, 4.69) is 9.59 Å². The molecule has 0 amide bonds. The average Bonchev–Trinajstić information content (AvgIpc) is 2.55. The van der Waals surface area contributed by atoms with E-state index < -0.39 is 17.5 Å². The zero-order chi connectivity index (χ0) is 10.8. The Labute approximate surface area is 85.9 Å². The van der Waals surface area contributed by atoms with Crippen molar-refractivity contribution in [3.05, 3.63) is 11.1 Å². The Bertz CT molecular complexity index is 310. The Morgan fingerprint density at radius 2 is 2.36 bits per heavy atom. The van der Waals surface area contributed by atoms with Gasteiger partial charge in [-0.2, -0.15) is 0 Å². The predicted molar refractivity (Wildman–Crippen MR) is 51.4 cm³/mol. The molecule has 0 saturated carbocycles. The third-order valence-corrected chi connectivity index (χ3v) is 2.64. The molecule has 1 heterocycles. The summed E-state index contributed by atoms with van der Waals surface area (Å²) in [5, 5.41) is 14.5. The predicted octanol–water partition coefficient (Wildman–Crippen LogP) is 0.915. The topological polar surface area (TPSA) is 72.3 Å². The molecule has 1 rings (SSSR count). The fourth-order valence-electron chi connectivity index (χ4n) is 1.28. The summed E-state index contributed by atoms with van der Waals surface area (Å²) in [7, 11) is 1.38. The van der Waals surface area contributed by atoms with Crippen molar-refractivity contribution in [1.29, 1.82) is 0 Å². The quantitative estimate of drug-likeness (QED) is 0.810. The Morgan fingerprint density at radius 1 is 1.71 bits per heavy atom. The van der Waals surface area contributed by atoms with Gasteiger partial charge in [0.25, 0.3) is 0 Å². The second-order valence-electron chi connectivity index (χ2n) is 3.47. The first-order chi connectivity index (χ1) is 6.50. The van der Waals surface area contributed by atoms with Gasteiger partial charge in [-0.05, 0) is 11.5 Å². The van der Waals surface area contributed by atoms with Crippen molar-refractivity contribution in [2.24, 2.45) is 0 Å². The summed E-state index contributed by atoms with van der Waals surface area (Å²) < 4.78 is 8.65. The summed E-state index contributed by atoms with van der Waals surface area (Å²) in [6.45, 7) is 3.54. The number of aromatic nitrogens is 2. The van der Waals surface area contributed by atoms with Gasteiger partial charge >= 0.3 is 5.97 Å². The first kappa shape index (κ1) is 11.1. The highest BCUT2D eigenvalue weighted by Crippen LogP contribution is 2.27. The molecule has 0 bridgehead atoms. The number of carboxylic acids is 1. The number of ether oxygens (including phenoxy) is 1. The van der Waals surface area contributed by atoms with Crippen molar-refractivity contribution in [3.63, 3.8) is 0 Å². The summed E-state index contributed by atoms with van der Waals surface area (Å²) in [6.07, 6.45) is -0.911. The van der Waals surface area contributed by atoms with Gasteiger partial charge in [0.15, 0.2) is 6.10 Å². The van der Waals surface area contributed by atoms with Crippen LogP contribution in [-0.4, -0.2) is 33.9 Å². The van der Waals surface area contributed by atoms with E-state index >= 15 is 0 Å². The van der Waals surface area contributed by atoms with Gasteiger partial charge in [0, 0.05) is 17.9 Å². The van der Waals surface area contributed by atoms with Crippen molar-refractivity contribution < 1.29 is 14.6 Å². The zero-order valence-corrected chi connectivity index (χ0v) is 9.04. The Morgan fingerprint density at radius 3 is 2.71 bits per heavy atom. The second kappa shape index (κ2) is 4.02. The lowest BCUT2D eigenvalue weighted by Crippen LogP contribution is -2.41. The van der Waals surface area contributed by atoms with Crippen LogP contribution in [0.4, 0.5) is 0 Å². The van der Waals surface area contributed by atoms with Gasteiger partial charge in [0.2, 0.25) is 0 Å². The molecule has 0 fully saturated rings. The number of hydrogen-bond acceptors (Lipinski definition) is 5. The second-order valence-corrected chi connectivity index (χ2v) is 4.08. The molecule has 0 aliphatic heterocycles. The minimum absolute atomic E-state index is 0.636. The molecule has 1 aromatic rings. The number of carboxylic acid groups (broad SMARTS) is 1. The van der Waals surface area contributed by atoms with Gasteiger partial charge in [-0.15, -0.1) is 5.10 Å². The van der Waals surface area contributed by atoms with E-state index in [0.717, 1.165) is 0 Å². The van der Waals surface area contributed by atoms with Gasteiger partial charge in [-0.3, -0.25) is 0 Å². The van der Waals surface area contributed by atoms with Crippen LogP contribution >= 0.6 is 11.5 Å². The first-order valence-electron chi connectivity index (χ1n) is 4.03. The highest BCUT2D eigenvalue weighted by Gasteiger charge is 2.38. The molecular formula is C8H12N2O3S. The minimum Gasteiger partial charge on any atom is -0.479 e. The fourth-order valence-corrected chi connectivity index (χ4v) is 1.92. The van der Waals surface area contributed by atoms with Gasteiger partial charge in [-0.25, -0.2) is 4.79 Å². The van der Waals surface area contributed by atoms with Crippen molar-refractivity contribution >= 4 is 17.5 Å². The molecule has 1 unspecified atom stereocenters. The molecule has 1 atom stereocenters. The number of aliphatic carboxylic acids is 1. The van der Waals surface area contributed by atoms with Gasteiger partial charge in [0.1, 0.15) is 0 Å². The van der Waals surface area contributed by atoms with Crippen LogP contribution in [0, 0.1) is 0 Å². The van der Waals surface area contributed by atoms with E-state index in [1.165, 1.54) is 18.6 Å². The van der Waals surface area contributed by atoms with Crippen molar-refractivity contribution in [2.75, 3.05) is 7.11 Å².